The van der Waals surface area contributed by atoms with Crippen molar-refractivity contribution in [2.75, 3.05) is 20.3 Å². The van der Waals surface area contributed by atoms with Crippen LogP contribution < -0.4 is 0 Å². The second-order valence-electron chi connectivity index (χ2n) is 7.51. The van der Waals surface area contributed by atoms with Gasteiger partial charge in [0.25, 0.3) is 0 Å². The maximum absolute atomic E-state index is 10.4. The number of aliphatic hydroxyl groups is 4. The van der Waals surface area contributed by atoms with Crippen molar-refractivity contribution in [1.29, 1.82) is 0 Å². The van der Waals surface area contributed by atoms with E-state index < -0.39 is 37.1 Å². The van der Waals surface area contributed by atoms with Crippen LogP contribution in [0.5, 0.6) is 0 Å². The summed E-state index contributed by atoms with van der Waals surface area (Å²) in [6.45, 7) is 3.99. The molecule has 162 valence electrons. The molecule has 0 aromatic heterocycles. The number of rotatable bonds is 7. The summed E-state index contributed by atoms with van der Waals surface area (Å²) in [6.07, 6.45) is -5.44. The Kier molecular flexibility index (Phi) is 7.65. The highest BCUT2D eigenvalue weighted by molar-refractivity contribution is 6.31. The van der Waals surface area contributed by atoms with Gasteiger partial charge >= 0.3 is 0 Å². The normalized spacial score (nSPS) is 26.5. The third-order valence-corrected chi connectivity index (χ3v) is 5.73. The summed E-state index contributed by atoms with van der Waals surface area (Å²) < 4.78 is 10.8. The van der Waals surface area contributed by atoms with Gasteiger partial charge in [0, 0.05) is 12.1 Å². The third kappa shape index (κ3) is 4.92. The van der Waals surface area contributed by atoms with E-state index in [0.29, 0.717) is 23.6 Å². The quantitative estimate of drug-likeness (QED) is 0.532. The number of ether oxygens (including phenoxy) is 2. The minimum Gasteiger partial charge on any atom is -0.394 e. The van der Waals surface area contributed by atoms with Gasteiger partial charge in [-0.2, -0.15) is 0 Å². The summed E-state index contributed by atoms with van der Waals surface area (Å²) in [6, 6.07) is 13.2. The number of methoxy groups -OCH3 is 1. The zero-order valence-corrected chi connectivity index (χ0v) is 17.5. The van der Waals surface area contributed by atoms with Crippen LogP contribution in [-0.4, -0.2) is 65.2 Å². The number of halogens is 1. The number of hydrogen-bond acceptors (Lipinski definition) is 6. The van der Waals surface area contributed by atoms with Crippen molar-refractivity contribution >= 4 is 17.2 Å². The molecule has 5 atom stereocenters. The SMILES string of the molecule is C=C(COC)c1ccc(Cc2cc([C@@H]3O[C@H](CO)[C@@H](O)[C@H](O)[C@H]3O)ccc2Cl)cc1. The zero-order valence-electron chi connectivity index (χ0n) is 16.7. The van der Waals surface area contributed by atoms with Gasteiger partial charge in [0.15, 0.2) is 0 Å². The molecule has 0 amide bonds. The third-order valence-electron chi connectivity index (χ3n) is 5.37. The Labute approximate surface area is 181 Å². The van der Waals surface area contributed by atoms with E-state index in [9.17, 15) is 20.4 Å². The van der Waals surface area contributed by atoms with E-state index in [0.717, 1.165) is 22.3 Å². The monoisotopic (exact) mass is 434 g/mol. The van der Waals surface area contributed by atoms with Crippen LogP contribution in [0.2, 0.25) is 5.02 Å². The Bertz CT molecular complexity index is 866. The van der Waals surface area contributed by atoms with Gasteiger partial charge in [-0.15, -0.1) is 0 Å². The Balaban J connectivity index is 1.81. The minimum atomic E-state index is -1.42. The van der Waals surface area contributed by atoms with Gasteiger partial charge in [-0.3, -0.25) is 0 Å². The second-order valence-corrected chi connectivity index (χ2v) is 7.92. The van der Waals surface area contributed by atoms with Gasteiger partial charge in [-0.25, -0.2) is 0 Å². The molecule has 30 heavy (non-hydrogen) atoms. The summed E-state index contributed by atoms with van der Waals surface area (Å²) in [5.74, 6) is 0. The average Bonchev–Trinajstić information content (AvgIpc) is 2.75. The van der Waals surface area contributed by atoms with Crippen LogP contribution in [0.4, 0.5) is 0 Å². The number of aliphatic hydroxyl groups excluding tert-OH is 4. The van der Waals surface area contributed by atoms with Crippen LogP contribution in [0.15, 0.2) is 49.0 Å². The molecule has 1 saturated heterocycles. The first kappa shape index (κ1) is 22.9. The lowest BCUT2D eigenvalue weighted by Crippen LogP contribution is -2.55. The van der Waals surface area contributed by atoms with Gasteiger partial charge in [-0.05, 0) is 40.3 Å². The molecule has 0 unspecified atom stereocenters. The molecule has 2 aromatic rings. The smallest absolute Gasteiger partial charge is 0.113 e. The molecular formula is C23H27ClO6. The lowest BCUT2D eigenvalue weighted by molar-refractivity contribution is -0.231. The van der Waals surface area contributed by atoms with E-state index in [2.05, 4.69) is 6.58 Å². The Hall–Kier alpha value is -1.77. The van der Waals surface area contributed by atoms with Gasteiger partial charge < -0.3 is 29.9 Å². The fourth-order valence-corrected chi connectivity index (χ4v) is 3.80. The van der Waals surface area contributed by atoms with Crippen LogP contribution in [-0.2, 0) is 15.9 Å². The summed E-state index contributed by atoms with van der Waals surface area (Å²) in [5, 5.41) is 40.4. The maximum atomic E-state index is 10.4. The van der Waals surface area contributed by atoms with Crippen molar-refractivity contribution in [2.24, 2.45) is 0 Å². The first-order chi connectivity index (χ1) is 14.3. The van der Waals surface area contributed by atoms with Crippen molar-refractivity contribution in [3.63, 3.8) is 0 Å². The van der Waals surface area contributed by atoms with E-state index in [-0.39, 0.29) is 0 Å². The molecule has 1 aliphatic heterocycles. The first-order valence-corrected chi connectivity index (χ1v) is 10.1. The lowest BCUT2D eigenvalue weighted by atomic mass is 9.90. The summed E-state index contributed by atoms with van der Waals surface area (Å²) >= 11 is 6.39. The minimum absolute atomic E-state index is 0.465. The Morgan fingerprint density at radius 1 is 1.07 bits per heavy atom. The summed E-state index contributed by atoms with van der Waals surface area (Å²) in [4.78, 5) is 0. The molecule has 0 bridgehead atoms. The van der Waals surface area contributed by atoms with Gasteiger partial charge in [0.2, 0.25) is 0 Å². The molecule has 6 nitrogen and oxygen atoms in total. The summed E-state index contributed by atoms with van der Waals surface area (Å²) in [7, 11) is 1.63. The van der Waals surface area contributed by atoms with Gasteiger partial charge in [0.05, 0.1) is 13.2 Å². The predicted octanol–water partition coefficient (Wildman–Crippen LogP) is 2.11. The van der Waals surface area contributed by atoms with Crippen molar-refractivity contribution in [3.05, 3.63) is 76.3 Å². The summed E-state index contributed by atoms with van der Waals surface area (Å²) in [5.41, 5.74) is 4.37. The topological polar surface area (TPSA) is 99.4 Å². The lowest BCUT2D eigenvalue weighted by Gasteiger charge is -2.40. The molecule has 1 aliphatic rings. The molecule has 1 fully saturated rings. The highest BCUT2D eigenvalue weighted by atomic mass is 35.5. The van der Waals surface area contributed by atoms with Crippen LogP contribution in [0.3, 0.4) is 0 Å². The molecule has 0 aliphatic carbocycles. The van der Waals surface area contributed by atoms with Crippen LogP contribution in [0.25, 0.3) is 5.57 Å². The zero-order chi connectivity index (χ0) is 21.8. The van der Waals surface area contributed by atoms with Gasteiger partial charge in [0.1, 0.15) is 30.5 Å². The van der Waals surface area contributed by atoms with E-state index in [1.807, 2.05) is 30.3 Å². The molecule has 0 saturated carbocycles. The van der Waals surface area contributed by atoms with Crippen molar-refractivity contribution in [1.82, 2.24) is 0 Å². The van der Waals surface area contributed by atoms with Crippen LogP contribution >= 0.6 is 11.6 Å². The fraction of sp³-hybridized carbons (Fsp3) is 0.391. The van der Waals surface area contributed by atoms with Crippen molar-refractivity contribution in [3.8, 4) is 0 Å². The molecule has 4 N–H and O–H groups in total. The van der Waals surface area contributed by atoms with E-state index in [1.165, 1.54) is 0 Å². The first-order valence-electron chi connectivity index (χ1n) is 9.70. The fourth-order valence-electron chi connectivity index (χ4n) is 3.62. The predicted molar refractivity (Wildman–Crippen MR) is 114 cm³/mol. The molecule has 3 rings (SSSR count). The highest BCUT2D eigenvalue weighted by Gasteiger charge is 2.44. The standard InChI is InChI=1S/C23H27ClO6/c1-13(12-29-2)15-5-3-14(4-6-15)9-17-10-16(7-8-18(17)24)23-22(28)21(27)20(26)19(11-25)30-23/h3-8,10,19-23,25-28H,1,9,11-12H2,2H3/t19-,20-,21+,22-,23+/m1/s1. The molecule has 1 heterocycles. The second kappa shape index (κ2) is 10.0. The largest absolute Gasteiger partial charge is 0.394 e. The van der Waals surface area contributed by atoms with E-state index in [1.54, 1.807) is 19.2 Å². The average molecular weight is 435 g/mol. The number of hydrogen-bond donors (Lipinski definition) is 4. The molecule has 7 heteroatoms. The molecule has 0 radical (unpaired) electrons. The molecule has 2 aromatic carbocycles. The highest BCUT2D eigenvalue weighted by Crippen LogP contribution is 2.34. The van der Waals surface area contributed by atoms with Crippen LogP contribution in [0.1, 0.15) is 28.4 Å². The van der Waals surface area contributed by atoms with Crippen molar-refractivity contribution < 1.29 is 29.9 Å². The molecular weight excluding hydrogens is 408 g/mol. The maximum Gasteiger partial charge on any atom is 0.113 e. The van der Waals surface area contributed by atoms with Crippen LogP contribution in [0, 0.1) is 0 Å². The van der Waals surface area contributed by atoms with E-state index in [4.69, 9.17) is 21.1 Å². The van der Waals surface area contributed by atoms with Crippen molar-refractivity contribution in [2.45, 2.75) is 36.9 Å². The Morgan fingerprint density at radius 2 is 1.77 bits per heavy atom. The van der Waals surface area contributed by atoms with E-state index >= 15 is 0 Å². The van der Waals surface area contributed by atoms with Gasteiger partial charge in [-0.1, -0.05) is 54.6 Å². The number of benzene rings is 2. The Morgan fingerprint density at radius 3 is 2.40 bits per heavy atom. The molecule has 0 spiro atoms.